The van der Waals surface area contributed by atoms with Crippen molar-refractivity contribution in [1.82, 2.24) is 9.88 Å². The van der Waals surface area contributed by atoms with Crippen molar-refractivity contribution in [3.8, 4) is 5.75 Å². The van der Waals surface area contributed by atoms with Crippen molar-refractivity contribution in [1.29, 1.82) is 0 Å². The first kappa shape index (κ1) is 26.4. The summed E-state index contributed by atoms with van der Waals surface area (Å²) in [5.74, 6) is -4.44. The number of amides is 2. The second-order valence-electron chi connectivity index (χ2n) is 8.17. The van der Waals surface area contributed by atoms with Crippen molar-refractivity contribution in [2.45, 2.75) is 32.2 Å². The Hall–Kier alpha value is -4.21. The lowest BCUT2D eigenvalue weighted by Gasteiger charge is -2.23. The van der Waals surface area contributed by atoms with Crippen LogP contribution in [0.4, 0.5) is 19.3 Å². The number of nitrogens with zero attached hydrogens (tertiary/aromatic N) is 1. The Morgan fingerprint density at radius 1 is 1.14 bits per heavy atom. The van der Waals surface area contributed by atoms with Crippen LogP contribution in [0.2, 0.25) is 0 Å². The van der Waals surface area contributed by atoms with Crippen molar-refractivity contribution in [2.75, 3.05) is 11.9 Å². The van der Waals surface area contributed by atoms with E-state index in [9.17, 15) is 19.5 Å². The maximum Gasteiger partial charge on any atom is 0.319 e. The van der Waals surface area contributed by atoms with Crippen LogP contribution in [0.5, 0.6) is 5.75 Å². The highest BCUT2D eigenvalue weighted by atomic mass is 19.3. The van der Waals surface area contributed by atoms with Gasteiger partial charge in [-0.15, -0.1) is 0 Å². The lowest BCUT2D eigenvalue weighted by molar-refractivity contribution is -0.143. The Morgan fingerprint density at radius 3 is 2.56 bits per heavy atom. The van der Waals surface area contributed by atoms with Crippen molar-refractivity contribution in [3.05, 3.63) is 93.4 Å². The van der Waals surface area contributed by atoms with Gasteiger partial charge in [0.05, 0.1) is 19.1 Å². The van der Waals surface area contributed by atoms with Crippen molar-refractivity contribution >= 4 is 17.7 Å². The largest absolute Gasteiger partial charge is 0.505 e. The fourth-order valence-corrected chi connectivity index (χ4v) is 3.71. The van der Waals surface area contributed by atoms with Crippen molar-refractivity contribution in [3.63, 3.8) is 0 Å². The number of esters is 1. The van der Waals surface area contributed by atoms with E-state index >= 15 is 8.78 Å². The second-order valence-corrected chi connectivity index (χ2v) is 8.17. The number of pyridine rings is 1. The highest BCUT2D eigenvalue weighted by Crippen LogP contribution is 2.38. The number of hydrogen-bond acceptors (Lipinski definition) is 5. The third kappa shape index (κ3) is 5.88. The topological polar surface area (TPSA) is 110 Å². The van der Waals surface area contributed by atoms with E-state index in [0.717, 1.165) is 4.57 Å². The van der Waals surface area contributed by atoms with Gasteiger partial charge in [-0.25, -0.2) is 4.79 Å². The van der Waals surface area contributed by atoms with Gasteiger partial charge in [-0.2, -0.15) is 8.78 Å². The number of aromatic nitrogens is 1. The van der Waals surface area contributed by atoms with Gasteiger partial charge >= 0.3 is 12.0 Å². The molecular formula is C26H27F2N3O5. The van der Waals surface area contributed by atoms with Crippen LogP contribution in [-0.4, -0.2) is 28.3 Å². The first-order valence-corrected chi connectivity index (χ1v) is 11.2. The fraction of sp³-hybridized carbons (Fsp3) is 0.269. The number of halogens is 2. The molecule has 1 aromatic heterocycles. The predicted octanol–water partition coefficient (Wildman–Crippen LogP) is 4.36. The van der Waals surface area contributed by atoms with Gasteiger partial charge in [-0.3, -0.25) is 9.59 Å². The number of aromatic hydroxyl groups is 1. The maximum absolute atomic E-state index is 15.4. The molecule has 10 heteroatoms. The van der Waals surface area contributed by atoms with Crippen LogP contribution in [0.15, 0.2) is 65.6 Å². The van der Waals surface area contributed by atoms with Gasteiger partial charge in [-0.1, -0.05) is 42.5 Å². The molecule has 0 radical (unpaired) electrons. The summed E-state index contributed by atoms with van der Waals surface area (Å²) in [6, 6.07) is 10.8. The minimum atomic E-state index is -3.33. The minimum Gasteiger partial charge on any atom is -0.505 e. The Kier molecular flexibility index (Phi) is 8.08. The number of benzene rings is 2. The maximum atomic E-state index is 15.4. The van der Waals surface area contributed by atoms with Crippen LogP contribution >= 0.6 is 0 Å². The lowest BCUT2D eigenvalue weighted by Crippen LogP contribution is -2.36. The summed E-state index contributed by atoms with van der Waals surface area (Å²) in [6.07, 6.45) is 0.976. The molecule has 190 valence electrons. The summed E-state index contributed by atoms with van der Waals surface area (Å²) in [6.45, 7) is 3.30. The number of rotatable bonds is 8. The number of hydrogen-bond donors (Lipinski definition) is 3. The number of anilines is 1. The molecule has 8 nitrogen and oxygen atoms in total. The average molecular weight is 500 g/mol. The minimum absolute atomic E-state index is 0.0943. The third-order valence-electron chi connectivity index (χ3n) is 5.60. The third-order valence-corrected chi connectivity index (χ3v) is 5.60. The molecule has 1 heterocycles. The van der Waals surface area contributed by atoms with E-state index in [-0.39, 0.29) is 35.4 Å². The van der Waals surface area contributed by atoms with E-state index in [0.29, 0.717) is 5.56 Å². The first-order valence-electron chi connectivity index (χ1n) is 11.2. The van der Waals surface area contributed by atoms with Gasteiger partial charge in [-0.05, 0) is 37.1 Å². The van der Waals surface area contributed by atoms with Crippen LogP contribution in [0, 0.1) is 6.92 Å². The van der Waals surface area contributed by atoms with Gasteiger partial charge < -0.3 is 25.0 Å². The number of aryl methyl sites for hydroxylation is 2. The molecule has 0 aliphatic rings. The molecule has 0 spiro atoms. The fourth-order valence-electron chi connectivity index (χ4n) is 3.71. The van der Waals surface area contributed by atoms with Crippen molar-refractivity contribution in [2.24, 2.45) is 7.05 Å². The van der Waals surface area contributed by atoms with Crippen LogP contribution in [0.3, 0.4) is 0 Å². The van der Waals surface area contributed by atoms with E-state index < -0.39 is 35.3 Å². The zero-order chi connectivity index (χ0) is 26.5. The molecule has 0 saturated carbocycles. The molecule has 0 unspecified atom stereocenters. The molecule has 0 bridgehead atoms. The molecule has 0 aliphatic carbocycles. The molecular weight excluding hydrogens is 472 g/mol. The zero-order valence-electron chi connectivity index (χ0n) is 20.0. The number of nitrogens with one attached hydrogen (secondary N) is 2. The van der Waals surface area contributed by atoms with Gasteiger partial charge in [0.25, 0.3) is 11.5 Å². The molecule has 3 N–H and O–H groups in total. The average Bonchev–Trinajstić information content (AvgIpc) is 2.84. The summed E-state index contributed by atoms with van der Waals surface area (Å²) < 4.78 is 36.9. The Balaban J connectivity index is 1.93. The lowest BCUT2D eigenvalue weighted by atomic mass is 9.93. The molecule has 36 heavy (non-hydrogen) atoms. The quantitative estimate of drug-likeness (QED) is 0.399. The Labute approximate surface area is 206 Å². The second kappa shape index (κ2) is 11.0. The van der Waals surface area contributed by atoms with Gasteiger partial charge in [0, 0.05) is 24.4 Å². The summed E-state index contributed by atoms with van der Waals surface area (Å²) in [5, 5.41) is 14.8. The molecule has 1 atom stereocenters. The number of carbonyl (C=O) groups is 2. The van der Waals surface area contributed by atoms with Crippen molar-refractivity contribution < 1.29 is 28.2 Å². The summed E-state index contributed by atoms with van der Waals surface area (Å²) in [4.78, 5) is 37.2. The van der Waals surface area contributed by atoms with Crippen LogP contribution < -0.4 is 16.2 Å². The predicted molar refractivity (Wildman–Crippen MR) is 130 cm³/mol. The Morgan fingerprint density at radius 2 is 1.86 bits per heavy atom. The van der Waals surface area contributed by atoms with E-state index in [1.54, 1.807) is 26.0 Å². The van der Waals surface area contributed by atoms with Gasteiger partial charge in [0.1, 0.15) is 5.75 Å². The number of carbonyl (C=O) groups excluding carboxylic acids is 2. The summed E-state index contributed by atoms with van der Waals surface area (Å²) >= 11 is 0. The first-order chi connectivity index (χ1) is 17.0. The van der Waals surface area contributed by atoms with Crippen LogP contribution in [0.25, 0.3) is 0 Å². The Bertz CT molecular complexity index is 1320. The van der Waals surface area contributed by atoms with E-state index in [4.69, 9.17) is 4.74 Å². The normalized spacial score (nSPS) is 12.0. The highest BCUT2D eigenvalue weighted by molar-refractivity contribution is 5.91. The number of urea groups is 1. The summed E-state index contributed by atoms with van der Waals surface area (Å²) in [5.41, 5.74) is -0.865. The molecule has 3 aromatic rings. The van der Waals surface area contributed by atoms with Crippen LogP contribution in [0.1, 0.15) is 41.6 Å². The van der Waals surface area contributed by atoms with Crippen LogP contribution in [-0.2, 0) is 22.5 Å². The number of ether oxygens (including phenoxy) is 1. The summed E-state index contributed by atoms with van der Waals surface area (Å²) in [7, 11) is 1.44. The monoisotopic (exact) mass is 499 g/mol. The molecule has 2 amide bonds. The molecule has 2 aromatic carbocycles. The SMILES string of the molecule is CCOC(=O)C[C@H](NC(=O)Nc1c(O)ccn(C)c1=O)c1cccc(C(F)(F)c2ccccc2C)c1. The molecule has 0 aliphatic heterocycles. The van der Waals surface area contributed by atoms with Gasteiger partial charge in [0.2, 0.25) is 0 Å². The standard InChI is InChI=1S/C26H27F2N3O5/c1-4-36-22(33)15-20(29-25(35)30-23-21(32)12-13-31(3)24(23)34)17-9-7-10-18(14-17)26(27,28)19-11-6-5-8-16(19)2/h5-14,20,32H,4,15H2,1-3H3,(H2,29,30,35)/t20-/m0/s1. The smallest absolute Gasteiger partial charge is 0.319 e. The van der Waals surface area contributed by atoms with E-state index in [1.165, 1.54) is 55.7 Å². The highest BCUT2D eigenvalue weighted by Gasteiger charge is 2.36. The van der Waals surface area contributed by atoms with E-state index in [1.807, 2.05) is 0 Å². The molecule has 3 rings (SSSR count). The molecule has 0 saturated heterocycles. The van der Waals surface area contributed by atoms with Gasteiger partial charge in [0.15, 0.2) is 5.69 Å². The zero-order valence-corrected chi connectivity index (χ0v) is 20.0. The number of alkyl halides is 2. The molecule has 0 fully saturated rings. The van der Waals surface area contributed by atoms with E-state index in [2.05, 4.69) is 10.6 Å².